The molecule has 7 nitrogen and oxygen atoms in total. The van der Waals surface area contributed by atoms with Gasteiger partial charge in [-0.1, -0.05) is 6.92 Å². The molecule has 0 saturated carbocycles. The average molecular weight is 302 g/mol. The predicted molar refractivity (Wildman–Crippen MR) is 73.9 cm³/mol. The number of nitro benzene ring substituents is 1. The standard InChI is InChI=1S/C12H18N2O5S/c1-4-12(3,8-15)13-20(18,19)11-6-5-10(14(16)17)7-9(11)2/h5-7,13,15H,4,8H2,1-3H3. The number of rotatable bonds is 6. The SMILES string of the molecule is CCC(C)(CO)NS(=O)(=O)c1ccc([N+](=O)[O-])cc1C. The van der Waals surface area contributed by atoms with Crippen molar-refractivity contribution in [2.24, 2.45) is 0 Å². The molecule has 0 amide bonds. The Bertz CT molecular complexity index is 608. The summed E-state index contributed by atoms with van der Waals surface area (Å²) in [6.45, 7) is 4.49. The van der Waals surface area contributed by atoms with Crippen molar-refractivity contribution in [1.82, 2.24) is 4.72 Å². The molecule has 112 valence electrons. The van der Waals surface area contributed by atoms with Crippen molar-refractivity contribution in [1.29, 1.82) is 0 Å². The number of benzene rings is 1. The largest absolute Gasteiger partial charge is 0.394 e. The van der Waals surface area contributed by atoms with E-state index >= 15 is 0 Å². The van der Waals surface area contributed by atoms with Gasteiger partial charge in [-0.25, -0.2) is 13.1 Å². The second-order valence-electron chi connectivity index (χ2n) is 4.88. The zero-order valence-electron chi connectivity index (χ0n) is 11.6. The fraction of sp³-hybridized carbons (Fsp3) is 0.500. The van der Waals surface area contributed by atoms with E-state index in [9.17, 15) is 23.6 Å². The van der Waals surface area contributed by atoms with Crippen LogP contribution < -0.4 is 4.72 Å². The van der Waals surface area contributed by atoms with E-state index in [1.54, 1.807) is 13.8 Å². The molecule has 0 saturated heterocycles. The molecular weight excluding hydrogens is 284 g/mol. The first-order chi connectivity index (χ1) is 9.15. The van der Waals surface area contributed by atoms with Crippen LogP contribution >= 0.6 is 0 Å². The second kappa shape index (κ2) is 5.86. The predicted octanol–water partition coefficient (Wildman–Crippen LogP) is 1.34. The summed E-state index contributed by atoms with van der Waals surface area (Å²) in [5, 5.41) is 19.9. The van der Waals surface area contributed by atoms with Gasteiger partial charge in [-0.2, -0.15) is 0 Å². The minimum atomic E-state index is -3.85. The van der Waals surface area contributed by atoms with Gasteiger partial charge in [0.25, 0.3) is 5.69 Å². The Morgan fingerprint density at radius 3 is 2.45 bits per heavy atom. The normalized spacial score (nSPS) is 14.8. The Hall–Kier alpha value is -1.51. The monoisotopic (exact) mass is 302 g/mol. The second-order valence-corrected chi connectivity index (χ2v) is 6.54. The number of aliphatic hydroxyl groups is 1. The molecule has 0 aliphatic carbocycles. The molecule has 20 heavy (non-hydrogen) atoms. The van der Waals surface area contributed by atoms with Gasteiger partial charge in [-0.3, -0.25) is 10.1 Å². The van der Waals surface area contributed by atoms with Crippen molar-refractivity contribution in [2.75, 3.05) is 6.61 Å². The summed E-state index contributed by atoms with van der Waals surface area (Å²) in [4.78, 5) is 10.0. The van der Waals surface area contributed by atoms with E-state index in [0.717, 1.165) is 6.07 Å². The van der Waals surface area contributed by atoms with E-state index in [-0.39, 0.29) is 22.8 Å². The quantitative estimate of drug-likeness (QED) is 0.608. The van der Waals surface area contributed by atoms with Gasteiger partial charge < -0.3 is 5.11 Å². The number of hydrogen-bond acceptors (Lipinski definition) is 5. The average Bonchev–Trinajstić information content (AvgIpc) is 2.37. The highest BCUT2D eigenvalue weighted by molar-refractivity contribution is 7.89. The summed E-state index contributed by atoms with van der Waals surface area (Å²) >= 11 is 0. The van der Waals surface area contributed by atoms with Gasteiger partial charge in [0.2, 0.25) is 10.0 Å². The molecule has 1 aromatic carbocycles. The molecule has 1 rings (SSSR count). The summed E-state index contributed by atoms with van der Waals surface area (Å²) in [7, 11) is -3.85. The Labute approximate surface area is 117 Å². The van der Waals surface area contributed by atoms with E-state index < -0.39 is 20.5 Å². The van der Waals surface area contributed by atoms with Gasteiger partial charge in [-0.15, -0.1) is 0 Å². The lowest BCUT2D eigenvalue weighted by molar-refractivity contribution is -0.385. The van der Waals surface area contributed by atoms with E-state index in [4.69, 9.17) is 0 Å². The van der Waals surface area contributed by atoms with E-state index in [1.807, 2.05) is 0 Å². The Morgan fingerprint density at radius 1 is 1.45 bits per heavy atom. The van der Waals surface area contributed by atoms with Crippen LogP contribution in [-0.4, -0.2) is 30.6 Å². The van der Waals surface area contributed by atoms with Crippen LogP contribution in [-0.2, 0) is 10.0 Å². The summed E-state index contributed by atoms with van der Waals surface area (Å²) in [5.74, 6) is 0. The van der Waals surface area contributed by atoms with Crippen LogP contribution in [0, 0.1) is 17.0 Å². The Kier molecular flexibility index (Phi) is 4.85. The highest BCUT2D eigenvalue weighted by Gasteiger charge is 2.29. The molecule has 0 aliphatic heterocycles. The zero-order chi connectivity index (χ0) is 15.6. The van der Waals surface area contributed by atoms with Crippen molar-refractivity contribution in [2.45, 2.75) is 37.6 Å². The van der Waals surface area contributed by atoms with Gasteiger partial charge in [0.15, 0.2) is 0 Å². The summed E-state index contributed by atoms with van der Waals surface area (Å²) in [6, 6.07) is 3.55. The van der Waals surface area contributed by atoms with Crippen LogP contribution in [0.15, 0.2) is 23.1 Å². The molecule has 0 bridgehead atoms. The topological polar surface area (TPSA) is 110 Å². The summed E-state index contributed by atoms with van der Waals surface area (Å²) < 4.78 is 27.0. The van der Waals surface area contributed by atoms with Crippen molar-refractivity contribution >= 4 is 15.7 Å². The van der Waals surface area contributed by atoms with Crippen LogP contribution in [0.4, 0.5) is 5.69 Å². The lowest BCUT2D eigenvalue weighted by Gasteiger charge is -2.27. The molecule has 0 aromatic heterocycles. The zero-order valence-corrected chi connectivity index (χ0v) is 12.4. The summed E-state index contributed by atoms with van der Waals surface area (Å²) in [6.07, 6.45) is 0.411. The fourth-order valence-electron chi connectivity index (χ4n) is 1.64. The number of hydrogen-bond donors (Lipinski definition) is 2. The number of aliphatic hydroxyl groups excluding tert-OH is 1. The minimum Gasteiger partial charge on any atom is -0.394 e. The highest BCUT2D eigenvalue weighted by atomic mass is 32.2. The van der Waals surface area contributed by atoms with Crippen LogP contribution in [0.1, 0.15) is 25.8 Å². The number of non-ortho nitro benzene ring substituents is 1. The minimum absolute atomic E-state index is 0.0313. The smallest absolute Gasteiger partial charge is 0.269 e. The van der Waals surface area contributed by atoms with Crippen LogP contribution in [0.25, 0.3) is 0 Å². The van der Waals surface area contributed by atoms with Gasteiger partial charge in [0.1, 0.15) is 0 Å². The molecule has 0 aliphatic rings. The molecule has 2 N–H and O–H groups in total. The number of nitrogens with zero attached hydrogens (tertiary/aromatic N) is 1. The molecule has 0 spiro atoms. The maximum absolute atomic E-state index is 12.3. The number of nitro groups is 1. The highest BCUT2D eigenvalue weighted by Crippen LogP contribution is 2.23. The van der Waals surface area contributed by atoms with E-state index in [0.29, 0.717) is 6.42 Å². The lowest BCUT2D eigenvalue weighted by Crippen LogP contribution is -2.48. The Morgan fingerprint density at radius 2 is 2.05 bits per heavy atom. The van der Waals surface area contributed by atoms with Gasteiger partial charge >= 0.3 is 0 Å². The molecule has 0 heterocycles. The van der Waals surface area contributed by atoms with Crippen molar-refractivity contribution in [3.05, 3.63) is 33.9 Å². The molecule has 1 aromatic rings. The van der Waals surface area contributed by atoms with Crippen molar-refractivity contribution in [3.63, 3.8) is 0 Å². The molecular formula is C12H18N2O5S. The van der Waals surface area contributed by atoms with Crippen LogP contribution in [0.2, 0.25) is 0 Å². The molecule has 0 radical (unpaired) electrons. The fourth-order valence-corrected chi connectivity index (χ4v) is 3.34. The maximum atomic E-state index is 12.3. The first-order valence-electron chi connectivity index (χ1n) is 6.05. The van der Waals surface area contributed by atoms with Crippen molar-refractivity contribution < 1.29 is 18.4 Å². The molecule has 1 unspecified atom stereocenters. The molecule has 8 heteroatoms. The lowest BCUT2D eigenvalue weighted by atomic mass is 10.0. The third kappa shape index (κ3) is 3.53. The Balaban J connectivity index is 3.20. The third-order valence-electron chi connectivity index (χ3n) is 3.17. The van der Waals surface area contributed by atoms with Crippen LogP contribution in [0.3, 0.4) is 0 Å². The number of nitrogens with one attached hydrogen (secondary N) is 1. The summed E-state index contributed by atoms with van der Waals surface area (Å²) in [5.41, 5.74) is -0.850. The number of sulfonamides is 1. The maximum Gasteiger partial charge on any atom is 0.269 e. The third-order valence-corrected chi connectivity index (χ3v) is 4.97. The van der Waals surface area contributed by atoms with Crippen molar-refractivity contribution in [3.8, 4) is 0 Å². The first-order valence-corrected chi connectivity index (χ1v) is 7.53. The van der Waals surface area contributed by atoms with E-state index in [1.165, 1.54) is 19.1 Å². The van der Waals surface area contributed by atoms with Gasteiger partial charge in [0, 0.05) is 12.1 Å². The van der Waals surface area contributed by atoms with Crippen LogP contribution in [0.5, 0.6) is 0 Å². The first kappa shape index (κ1) is 16.5. The molecule has 1 atom stereocenters. The van der Waals surface area contributed by atoms with Gasteiger partial charge in [-0.05, 0) is 31.9 Å². The molecule has 0 fully saturated rings. The number of aryl methyl sites for hydroxylation is 1. The van der Waals surface area contributed by atoms with Gasteiger partial charge in [0.05, 0.1) is 22.0 Å². The van der Waals surface area contributed by atoms with E-state index in [2.05, 4.69) is 4.72 Å².